The molecule has 1 aliphatic heterocycles. The van der Waals surface area contributed by atoms with Crippen molar-refractivity contribution in [2.45, 2.75) is 13.3 Å². The molecule has 0 aliphatic carbocycles. The Kier molecular flexibility index (Phi) is 3.76. The molecule has 1 aliphatic rings. The minimum Gasteiger partial charge on any atom is -0.316 e. The van der Waals surface area contributed by atoms with Gasteiger partial charge in [-0.05, 0) is 37.0 Å². The third-order valence-electron chi connectivity index (χ3n) is 2.56. The quantitative estimate of drug-likeness (QED) is 0.687. The Morgan fingerprint density at radius 2 is 2.31 bits per heavy atom. The number of rotatable bonds is 3. The first-order valence-corrected chi connectivity index (χ1v) is 4.93. The summed E-state index contributed by atoms with van der Waals surface area (Å²) in [6, 6.07) is 0. The van der Waals surface area contributed by atoms with Gasteiger partial charge in [0.15, 0.2) is 0 Å². The van der Waals surface area contributed by atoms with E-state index in [1.165, 1.54) is 12.0 Å². The van der Waals surface area contributed by atoms with Crippen molar-refractivity contribution < 1.29 is 0 Å². The number of hydrogen-bond acceptors (Lipinski definition) is 1. The van der Waals surface area contributed by atoms with Crippen molar-refractivity contribution in [2.24, 2.45) is 5.92 Å². The second kappa shape index (κ2) is 4.64. The third kappa shape index (κ3) is 2.45. The van der Waals surface area contributed by atoms with Crippen LogP contribution in [0.4, 0.5) is 0 Å². The maximum Gasteiger partial charge on any atom is 0.0366 e. The molecule has 0 aromatic heterocycles. The Hall–Kier alpha value is -0.530. The smallest absolute Gasteiger partial charge is 0.0366 e. The lowest BCUT2D eigenvalue weighted by molar-refractivity contribution is 0.692. The summed E-state index contributed by atoms with van der Waals surface area (Å²) in [5.74, 6) is 0.563. The Balaban J connectivity index is 2.87. The molecule has 1 fully saturated rings. The van der Waals surface area contributed by atoms with Crippen LogP contribution in [0.5, 0.6) is 0 Å². The summed E-state index contributed by atoms with van der Waals surface area (Å²) < 4.78 is 0. The number of hydrogen-bond donors (Lipinski definition) is 1. The Morgan fingerprint density at radius 3 is 2.69 bits per heavy atom. The fourth-order valence-electron chi connectivity index (χ4n) is 1.70. The van der Waals surface area contributed by atoms with E-state index in [0.717, 1.165) is 18.7 Å². The highest BCUT2D eigenvalue weighted by molar-refractivity contribution is 6.31. The SMILES string of the molecule is C=C/C(=C(/C)C(=C)Cl)C1CCNC1. The molecule has 1 atom stereocenters. The first kappa shape index (κ1) is 10.6. The largest absolute Gasteiger partial charge is 0.316 e. The highest BCUT2D eigenvalue weighted by Crippen LogP contribution is 2.26. The molecule has 1 N–H and O–H groups in total. The van der Waals surface area contributed by atoms with E-state index in [-0.39, 0.29) is 0 Å². The first-order valence-electron chi connectivity index (χ1n) is 4.55. The molecule has 2 heteroatoms. The van der Waals surface area contributed by atoms with Crippen molar-refractivity contribution in [3.8, 4) is 0 Å². The molecule has 1 unspecified atom stereocenters. The normalized spacial score (nSPS) is 24.0. The van der Waals surface area contributed by atoms with Crippen LogP contribution in [-0.4, -0.2) is 13.1 Å². The molecule has 0 aromatic rings. The van der Waals surface area contributed by atoms with Gasteiger partial charge in [0.1, 0.15) is 0 Å². The van der Waals surface area contributed by atoms with Gasteiger partial charge in [0, 0.05) is 11.6 Å². The molecule has 72 valence electrons. The molecule has 1 nitrogen and oxygen atoms in total. The molecular weight excluding hydrogens is 182 g/mol. The molecular formula is C11H16ClN. The van der Waals surface area contributed by atoms with Gasteiger partial charge in [-0.15, -0.1) is 0 Å². The molecule has 0 saturated carbocycles. The monoisotopic (exact) mass is 197 g/mol. The molecule has 0 radical (unpaired) electrons. The van der Waals surface area contributed by atoms with E-state index in [4.69, 9.17) is 11.6 Å². The van der Waals surface area contributed by atoms with Crippen LogP contribution in [0.1, 0.15) is 13.3 Å². The van der Waals surface area contributed by atoms with Gasteiger partial charge >= 0.3 is 0 Å². The van der Waals surface area contributed by atoms with Gasteiger partial charge < -0.3 is 5.32 Å². The number of halogens is 1. The van der Waals surface area contributed by atoms with Crippen LogP contribution in [0.2, 0.25) is 0 Å². The Labute approximate surface area is 85.2 Å². The van der Waals surface area contributed by atoms with Gasteiger partial charge in [-0.2, -0.15) is 0 Å². The van der Waals surface area contributed by atoms with Crippen LogP contribution in [-0.2, 0) is 0 Å². The summed E-state index contributed by atoms with van der Waals surface area (Å²) in [5, 5.41) is 3.95. The molecule has 0 spiro atoms. The lowest BCUT2D eigenvalue weighted by Gasteiger charge is -2.13. The molecule has 13 heavy (non-hydrogen) atoms. The number of nitrogens with one attached hydrogen (secondary N) is 1. The summed E-state index contributed by atoms with van der Waals surface area (Å²) >= 11 is 5.86. The molecule has 1 rings (SSSR count). The van der Waals surface area contributed by atoms with Crippen molar-refractivity contribution in [1.29, 1.82) is 0 Å². The molecule has 1 heterocycles. The molecule has 0 aromatic carbocycles. The zero-order valence-electron chi connectivity index (χ0n) is 8.07. The minimum atomic E-state index is 0.563. The van der Waals surface area contributed by atoms with E-state index >= 15 is 0 Å². The predicted molar refractivity (Wildman–Crippen MR) is 58.9 cm³/mol. The van der Waals surface area contributed by atoms with E-state index in [1.54, 1.807) is 0 Å². The second-order valence-corrected chi connectivity index (χ2v) is 3.84. The number of allylic oxidation sites excluding steroid dienone is 3. The van der Waals surface area contributed by atoms with Crippen LogP contribution >= 0.6 is 11.6 Å². The topological polar surface area (TPSA) is 12.0 Å². The fourth-order valence-corrected chi connectivity index (χ4v) is 1.81. The van der Waals surface area contributed by atoms with E-state index in [2.05, 4.69) is 18.5 Å². The maximum atomic E-state index is 5.86. The van der Waals surface area contributed by atoms with Crippen LogP contribution in [0.3, 0.4) is 0 Å². The minimum absolute atomic E-state index is 0.563. The zero-order chi connectivity index (χ0) is 9.84. The van der Waals surface area contributed by atoms with Crippen molar-refractivity contribution >= 4 is 11.6 Å². The molecule has 0 bridgehead atoms. The van der Waals surface area contributed by atoms with E-state index < -0.39 is 0 Å². The Bertz CT molecular complexity index is 247. The average Bonchev–Trinajstić information content (AvgIpc) is 2.58. The summed E-state index contributed by atoms with van der Waals surface area (Å²) in [6.45, 7) is 11.7. The maximum absolute atomic E-state index is 5.86. The van der Waals surface area contributed by atoms with Crippen LogP contribution < -0.4 is 5.32 Å². The third-order valence-corrected chi connectivity index (χ3v) is 2.84. The van der Waals surface area contributed by atoms with Crippen molar-refractivity contribution in [1.82, 2.24) is 5.32 Å². The van der Waals surface area contributed by atoms with Gasteiger partial charge in [-0.3, -0.25) is 0 Å². The highest BCUT2D eigenvalue weighted by Gasteiger charge is 2.18. The highest BCUT2D eigenvalue weighted by atomic mass is 35.5. The van der Waals surface area contributed by atoms with Crippen molar-refractivity contribution in [2.75, 3.05) is 13.1 Å². The zero-order valence-corrected chi connectivity index (χ0v) is 8.82. The Morgan fingerprint density at radius 1 is 1.62 bits per heavy atom. The molecule has 1 saturated heterocycles. The standard InChI is InChI=1S/C11H16ClN/c1-4-11(8(2)9(3)12)10-5-6-13-7-10/h4,10,13H,1,3,5-7H2,2H3/b11-8+. The van der Waals surface area contributed by atoms with Crippen LogP contribution in [0.15, 0.2) is 35.4 Å². The predicted octanol–water partition coefficient (Wildman–Crippen LogP) is 2.85. The van der Waals surface area contributed by atoms with E-state index in [9.17, 15) is 0 Å². The fraction of sp³-hybridized carbons (Fsp3) is 0.455. The van der Waals surface area contributed by atoms with Crippen molar-refractivity contribution in [3.05, 3.63) is 35.4 Å². The summed E-state index contributed by atoms with van der Waals surface area (Å²) in [6.07, 6.45) is 3.07. The van der Waals surface area contributed by atoms with Gasteiger partial charge in [-0.1, -0.05) is 30.8 Å². The van der Waals surface area contributed by atoms with E-state index in [1.807, 2.05) is 13.0 Å². The average molecular weight is 198 g/mol. The summed E-state index contributed by atoms with van der Waals surface area (Å²) in [5.41, 5.74) is 2.32. The van der Waals surface area contributed by atoms with Gasteiger partial charge in [0.05, 0.1) is 0 Å². The van der Waals surface area contributed by atoms with Crippen LogP contribution in [0, 0.1) is 5.92 Å². The summed E-state index contributed by atoms with van der Waals surface area (Å²) in [4.78, 5) is 0. The van der Waals surface area contributed by atoms with Gasteiger partial charge in [-0.25, -0.2) is 0 Å². The van der Waals surface area contributed by atoms with Crippen molar-refractivity contribution in [3.63, 3.8) is 0 Å². The second-order valence-electron chi connectivity index (χ2n) is 3.38. The summed E-state index contributed by atoms with van der Waals surface area (Å²) in [7, 11) is 0. The molecule has 0 amide bonds. The van der Waals surface area contributed by atoms with Crippen LogP contribution in [0.25, 0.3) is 0 Å². The first-order chi connectivity index (χ1) is 6.16. The van der Waals surface area contributed by atoms with Gasteiger partial charge in [0.25, 0.3) is 0 Å². The van der Waals surface area contributed by atoms with E-state index in [0.29, 0.717) is 11.0 Å². The lowest BCUT2D eigenvalue weighted by atomic mass is 9.94. The van der Waals surface area contributed by atoms with Gasteiger partial charge in [0.2, 0.25) is 0 Å². The lowest BCUT2D eigenvalue weighted by Crippen LogP contribution is -2.10.